The lowest BCUT2D eigenvalue weighted by molar-refractivity contribution is -0.142. The summed E-state index contributed by atoms with van der Waals surface area (Å²) < 4.78 is 5.11. The van der Waals surface area contributed by atoms with Crippen molar-refractivity contribution in [3.05, 3.63) is 28.8 Å². The van der Waals surface area contributed by atoms with Crippen LogP contribution in [0, 0.1) is 0 Å². The highest BCUT2D eigenvalue weighted by Crippen LogP contribution is 2.45. The van der Waals surface area contributed by atoms with E-state index >= 15 is 0 Å². The van der Waals surface area contributed by atoms with Crippen molar-refractivity contribution < 1.29 is 9.53 Å². The Bertz CT molecular complexity index is 570. The van der Waals surface area contributed by atoms with Crippen molar-refractivity contribution in [2.24, 2.45) is 0 Å². The molecule has 0 radical (unpaired) electrons. The zero-order chi connectivity index (χ0) is 17.2. The molecule has 1 aromatic carbocycles. The van der Waals surface area contributed by atoms with Crippen LogP contribution in [0.4, 0.5) is 5.69 Å². The first-order valence-electron chi connectivity index (χ1n) is 8.48. The molecule has 1 heterocycles. The molecular weight excluding hydrogens is 310 g/mol. The molecule has 2 rings (SSSR count). The van der Waals surface area contributed by atoms with E-state index in [1.165, 1.54) is 12.7 Å². The highest BCUT2D eigenvalue weighted by Gasteiger charge is 2.42. The molecule has 0 fully saturated rings. The molecular formula is C19H28ClNO2. The van der Waals surface area contributed by atoms with Crippen LogP contribution in [0.2, 0.25) is 5.02 Å². The number of fused-ring (bicyclic) bond motifs is 1. The van der Waals surface area contributed by atoms with Crippen LogP contribution in [0.5, 0.6) is 0 Å². The second-order valence-corrected chi connectivity index (χ2v) is 7.61. The molecule has 0 unspecified atom stereocenters. The van der Waals surface area contributed by atoms with E-state index in [-0.39, 0.29) is 17.6 Å². The minimum atomic E-state index is -0.248. The number of ether oxygens (including phenoxy) is 1. The third-order valence-electron chi connectivity index (χ3n) is 4.85. The van der Waals surface area contributed by atoms with Crippen LogP contribution in [0.15, 0.2) is 18.2 Å². The third kappa shape index (κ3) is 3.65. The summed E-state index contributed by atoms with van der Waals surface area (Å²) in [5, 5.41) is 0.749. The SMILES string of the molecule is CCCC[C@@H](C(=O)OC)N1c2ccc(Cl)cc2[C@H](C)CC1(C)C. The molecule has 1 aromatic rings. The first-order chi connectivity index (χ1) is 10.8. The van der Waals surface area contributed by atoms with Gasteiger partial charge in [0.1, 0.15) is 6.04 Å². The number of methoxy groups -OCH3 is 1. The van der Waals surface area contributed by atoms with E-state index in [0.29, 0.717) is 5.92 Å². The Morgan fingerprint density at radius 2 is 2.17 bits per heavy atom. The molecule has 1 aliphatic rings. The summed E-state index contributed by atoms with van der Waals surface area (Å²) in [6.07, 6.45) is 3.86. The summed E-state index contributed by atoms with van der Waals surface area (Å²) in [5.74, 6) is 0.265. The van der Waals surface area contributed by atoms with Gasteiger partial charge in [-0.1, -0.05) is 38.3 Å². The maximum Gasteiger partial charge on any atom is 0.328 e. The van der Waals surface area contributed by atoms with Gasteiger partial charge in [-0.05, 0) is 56.4 Å². The number of halogens is 1. The van der Waals surface area contributed by atoms with E-state index in [4.69, 9.17) is 16.3 Å². The fourth-order valence-corrected chi connectivity index (χ4v) is 4.08. The minimum Gasteiger partial charge on any atom is -0.467 e. The average Bonchev–Trinajstić information content (AvgIpc) is 2.49. The van der Waals surface area contributed by atoms with Crippen molar-refractivity contribution >= 4 is 23.3 Å². The van der Waals surface area contributed by atoms with Crippen molar-refractivity contribution in [1.29, 1.82) is 0 Å². The minimum absolute atomic E-state index is 0.104. The maximum atomic E-state index is 12.5. The standard InChI is InChI=1S/C19H28ClNO2/c1-6-7-8-17(18(22)23-5)21-16-10-9-14(20)11-15(16)13(2)12-19(21,3)4/h9-11,13,17H,6-8,12H2,1-5H3/t13-,17+/m1/s1. The van der Waals surface area contributed by atoms with Crippen LogP contribution >= 0.6 is 11.6 Å². The number of hydrogen-bond acceptors (Lipinski definition) is 3. The highest BCUT2D eigenvalue weighted by atomic mass is 35.5. The number of carbonyl (C=O) groups excluding carboxylic acids is 1. The molecule has 0 spiro atoms. The van der Waals surface area contributed by atoms with Gasteiger partial charge in [0.2, 0.25) is 0 Å². The van der Waals surface area contributed by atoms with Crippen LogP contribution < -0.4 is 4.90 Å². The van der Waals surface area contributed by atoms with Gasteiger partial charge in [-0.15, -0.1) is 0 Å². The van der Waals surface area contributed by atoms with Gasteiger partial charge in [0.05, 0.1) is 7.11 Å². The lowest BCUT2D eigenvalue weighted by Gasteiger charge is -2.50. The highest BCUT2D eigenvalue weighted by molar-refractivity contribution is 6.30. The Kier molecular flexibility index (Phi) is 5.61. The van der Waals surface area contributed by atoms with Crippen LogP contribution in [0.1, 0.15) is 64.9 Å². The molecule has 1 aliphatic heterocycles. The number of unbranched alkanes of at least 4 members (excludes halogenated alkanes) is 1. The van der Waals surface area contributed by atoms with Crippen molar-refractivity contribution in [2.75, 3.05) is 12.0 Å². The molecule has 3 nitrogen and oxygen atoms in total. The predicted molar refractivity (Wildman–Crippen MR) is 96.4 cm³/mol. The lowest BCUT2D eigenvalue weighted by atomic mass is 9.78. The monoisotopic (exact) mass is 337 g/mol. The number of hydrogen-bond donors (Lipinski definition) is 0. The van der Waals surface area contributed by atoms with E-state index in [1.54, 1.807) is 0 Å². The summed E-state index contributed by atoms with van der Waals surface area (Å²) in [6.45, 7) is 8.80. The van der Waals surface area contributed by atoms with Gasteiger partial charge in [-0.25, -0.2) is 4.79 Å². The molecule has 0 saturated heterocycles. The normalized spacial score (nSPS) is 20.8. The van der Waals surface area contributed by atoms with Crippen LogP contribution in [-0.2, 0) is 9.53 Å². The number of rotatable bonds is 5. The van der Waals surface area contributed by atoms with Crippen molar-refractivity contribution in [2.45, 2.75) is 70.9 Å². The quantitative estimate of drug-likeness (QED) is 0.695. The van der Waals surface area contributed by atoms with Crippen molar-refractivity contribution in [3.63, 3.8) is 0 Å². The first-order valence-corrected chi connectivity index (χ1v) is 8.86. The Balaban J connectivity index is 2.52. The predicted octanol–water partition coefficient (Wildman–Crippen LogP) is 5.16. The molecule has 0 aromatic heterocycles. The Hall–Kier alpha value is -1.22. The fraction of sp³-hybridized carbons (Fsp3) is 0.632. The smallest absolute Gasteiger partial charge is 0.328 e. The first kappa shape index (κ1) is 18.1. The van der Waals surface area contributed by atoms with Gasteiger partial charge < -0.3 is 9.64 Å². The largest absolute Gasteiger partial charge is 0.467 e. The number of anilines is 1. The summed E-state index contributed by atoms with van der Waals surface area (Å²) in [4.78, 5) is 14.7. The molecule has 0 bridgehead atoms. The number of esters is 1. The lowest BCUT2D eigenvalue weighted by Crippen LogP contribution is -2.56. The molecule has 128 valence electrons. The summed E-state index contributed by atoms with van der Waals surface area (Å²) >= 11 is 6.20. The zero-order valence-electron chi connectivity index (χ0n) is 14.9. The second kappa shape index (κ2) is 7.12. The van der Waals surface area contributed by atoms with E-state index < -0.39 is 0 Å². The summed E-state index contributed by atoms with van der Waals surface area (Å²) in [5.41, 5.74) is 2.24. The molecule has 4 heteroatoms. The van der Waals surface area contributed by atoms with Crippen molar-refractivity contribution in [3.8, 4) is 0 Å². The molecule has 2 atom stereocenters. The zero-order valence-corrected chi connectivity index (χ0v) is 15.6. The summed E-state index contributed by atoms with van der Waals surface area (Å²) in [7, 11) is 1.48. The third-order valence-corrected chi connectivity index (χ3v) is 5.09. The van der Waals surface area contributed by atoms with E-state index in [0.717, 1.165) is 36.4 Å². The Morgan fingerprint density at radius 3 is 2.78 bits per heavy atom. The van der Waals surface area contributed by atoms with Crippen LogP contribution in [0.3, 0.4) is 0 Å². The van der Waals surface area contributed by atoms with Gasteiger partial charge in [-0.2, -0.15) is 0 Å². The fourth-order valence-electron chi connectivity index (χ4n) is 3.90. The van der Waals surface area contributed by atoms with Gasteiger partial charge in [0.15, 0.2) is 0 Å². The van der Waals surface area contributed by atoms with Gasteiger partial charge in [0, 0.05) is 16.2 Å². The number of nitrogens with zero attached hydrogens (tertiary/aromatic N) is 1. The molecule has 23 heavy (non-hydrogen) atoms. The van der Waals surface area contributed by atoms with Gasteiger partial charge in [-0.3, -0.25) is 0 Å². The number of carbonyl (C=O) groups is 1. The number of benzene rings is 1. The van der Waals surface area contributed by atoms with Crippen molar-refractivity contribution in [1.82, 2.24) is 0 Å². The van der Waals surface area contributed by atoms with Crippen LogP contribution in [0.25, 0.3) is 0 Å². The maximum absolute atomic E-state index is 12.5. The van der Waals surface area contributed by atoms with Crippen LogP contribution in [-0.4, -0.2) is 24.7 Å². The average molecular weight is 338 g/mol. The van der Waals surface area contributed by atoms with E-state index in [1.807, 2.05) is 12.1 Å². The van der Waals surface area contributed by atoms with E-state index in [2.05, 4.69) is 38.7 Å². The van der Waals surface area contributed by atoms with E-state index in [9.17, 15) is 4.79 Å². The second-order valence-electron chi connectivity index (χ2n) is 7.17. The Labute approximate surface area is 145 Å². The molecule has 0 saturated carbocycles. The Morgan fingerprint density at radius 1 is 1.48 bits per heavy atom. The molecule has 0 amide bonds. The summed E-state index contributed by atoms with van der Waals surface area (Å²) in [6, 6.07) is 5.76. The van der Waals surface area contributed by atoms with Gasteiger partial charge in [0.25, 0.3) is 0 Å². The topological polar surface area (TPSA) is 29.5 Å². The molecule has 0 N–H and O–H groups in total. The molecule has 0 aliphatic carbocycles. The van der Waals surface area contributed by atoms with Gasteiger partial charge >= 0.3 is 5.97 Å².